The molecule has 0 aliphatic heterocycles. The van der Waals surface area contributed by atoms with Gasteiger partial charge in [0.05, 0.1) is 5.69 Å². The van der Waals surface area contributed by atoms with Gasteiger partial charge in [-0.2, -0.15) is 0 Å². The molecular weight excluding hydrogens is 378 g/mol. The van der Waals surface area contributed by atoms with Crippen molar-refractivity contribution in [3.05, 3.63) is 102 Å². The van der Waals surface area contributed by atoms with Gasteiger partial charge in [-0.05, 0) is 42.0 Å². The van der Waals surface area contributed by atoms with Crippen molar-refractivity contribution in [2.24, 2.45) is 0 Å². The number of carbonyl (C=O) groups is 1. The molecule has 0 fully saturated rings. The first-order valence-corrected chi connectivity index (χ1v) is 9.50. The molecule has 0 aliphatic carbocycles. The van der Waals surface area contributed by atoms with Gasteiger partial charge in [0.2, 0.25) is 5.88 Å². The molecule has 6 heteroatoms. The smallest absolute Gasteiger partial charge is 0.264 e. The summed E-state index contributed by atoms with van der Waals surface area (Å²) < 4.78 is 0. The van der Waals surface area contributed by atoms with E-state index in [1.165, 1.54) is 0 Å². The highest BCUT2D eigenvalue weighted by Gasteiger charge is 2.23. The molecule has 1 heterocycles. The Morgan fingerprint density at radius 1 is 0.767 bits per heavy atom. The molecule has 0 radical (unpaired) electrons. The summed E-state index contributed by atoms with van der Waals surface area (Å²) in [5.74, 6) is -1.21. The summed E-state index contributed by atoms with van der Waals surface area (Å²) in [6, 6.07) is 26.4. The number of carbonyl (C=O) groups excluding carboxylic acids is 1. The van der Waals surface area contributed by atoms with E-state index >= 15 is 0 Å². The first-order valence-electron chi connectivity index (χ1n) is 9.50. The maximum atomic E-state index is 12.6. The molecule has 0 aliphatic rings. The summed E-state index contributed by atoms with van der Waals surface area (Å²) >= 11 is 0. The van der Waals surface area contributed by atoms with E-state index in [2.05, 4.69) is 15.6 Å². The van der Waals surface area contributed by atoms with Crippen LogP contribution in [0.5, 0.6) is 11.6 Å². The number of benzene rings is 3. The topological polar surface area (TPSA) is 97.4 Å². The fourth-order valence-electron chi connectivity index (χ4n) is 3.19. The molecule has 30 heavy (non-hydrogen) atoms. The average molecular weight is 399 g/mol. The van der Waals surface area contributed by atoms with Gasteiger partial charge in [-0.15, -0.1) is 0 Å². The SMILES string of the molecule is O=C(Nc1ccc(Nc2ccccc2)cc1)c1c(O)[nH]c(Cc2ccccc2)c1O. The Morgan fingerprint density at radius 3 is 2.00 bits per heavy atom. The minimum absolute atomic E-state index is 0.174. The highest BCUT2D eigenvalue weighted by Crippen LogP contribution is 2.33. The Morgan fingerprint density at radius 2 is 1.33 bits per heavy atom. The number of aromatic amines is 1. The molecule has 0 unspecified atom stereocenters. The molecule has 0 bridgehead atoms. The Hall–Kier alpha value is -4.19. The van der Waals surface area contributed by atoms with Gasteiger partial charge in [0.1, 0.15) is 5.56 Å². The summed E-state index contributed by atoms with van der Waals surface area (Å²) in [7, 11) is 0. The number of para-hydroxylation sites is 1. The molecule has 1 aromatic heterocycles. The lowest BCUT2D eigenvalue weighted by molar-refractivity contribution is 0.102. The number of hydrogen-bond acceptors (Lipinski definition) is 4. The number of anilines is 3. The van der Waals surface area contributed by atoms with Crippen molar-refractivity contribution in [2.75, 3.05) is 10.6 Å². The number of aromatic hydroxyl groups is 2. The predicted octanol–water partition coefficient (Wildman–Crippen LogP) is 5.01. The monoisotopic (exact) mass is 399 g/mol. The van der Waals surface area contributed by atoms with E-state index in [1.807, 2.05) is 72.8 Å². The predicted molar refractivity (Wildman–Crippen MR) is 117 cm³/mol. The van der Waals surface area contributed by atoms with Gasteiger partial charge >= 0.3 is 0 Å². The first kappa shape index (κ1) is 19.1. The van der Waals surface area contributed by atoms with E-state index in [9.17, 15) is 15.0 Å². The van der Waals surface area contributed by atoms with Crippen molar-refractivity contribution >= 4 is 23.0 Å². The van der Waals surface area contributed by atoms with Crippen molar-refractivity contribution < 1.29 is 15.0 Å². The van der Waals surface area contributed by atoms with Crippen LogP contribution < -0.4 is 10.6 Å². The molecule has 0 saturated heterocycles. The van der Waals surface area contributed by atoms with Crippen LogP contribution in [-0.4, -0.2) is 21.1 Å². The third kappa shape index (κ3) is 4.28. The maximum absolute atomic E-state index is 12.6. The van der Waals surface area contributed by atoms with E-state index in [-0.39, 0.29) is 17.2 Å². The molecule has 0 saturated carbocycles. The Labute approximate surface area is 173 Å². The molecule has 4 rings (SSSR count). The molecule has 0 atom stereocenters. The van der Waals surface area contributed by atoms with E-state index in [1.54, 1.807) is 12.1 Å². The lowest BCUT2D eigenvalue weighted by Gasteiger charge is -2.09. The van der Waals surface area contributed by atoms with Crippen molar-refractivity contribution in [3.63, 3.8) is 0 Å². The molecule has 4 aromatic rings. The summed E-state index contributed by atoms with van der Waals surface area (Å²) in [6.07, 6.45) is 0.368. The third-order valence-corrected chi connectivity index (χ3v) is 4.68. The van der Waals surface area contributed by atoms with Crippen LogP contribution in [0.4, 0.5) is 17.1 Å². The second-order valence-electron chi connectivity index (χ2n) is 6.86. The fourth-order valence-corrected chi connectivity index (χ4v) is 3.19. The highest BCUT2D eigenvalue weighted by atomic mass is 16.3. The summed E-state index contributed by atoms with van der Waals surface area (Å²) in [6.45, 7) is 0. The van der Waals surface area contributed by atoms with Crippen LogP contribution in [-0.2, 0) is 6.42 Å². The quantitative estimate of drug-likeness (QED) is 0.315. The van der Waals surface area contributed by atoms with E-state index in [0.717, 1.165) is 16.9 Å². The van der Waals surface area contributed by atoms with Crippen LogP contribution in [0.15, 0.2) is 84.9 Å². The molecule has 6 nitrogen and oxygen atoms in total. The zero-order valence-electron chi connectivity index (χ0n) is 16.1. The number of rotatable bonds is 6. The molecule has 5 N–H and O–H groups in total. The number of aromatic nitrogens is 1. The Kier molecular flexibility index (Phi) is 5.39. The van der Waals surface area contributed by atoms with Crippen molar-refractivity contribution in [2.45, 2.75) is 6.42 Å². The third-order valence-electron chi connectivity index (χ3n) is 4.68. The zero-order chi connectivity index (χ0) is 20.9. The lowest BCUT2D eigenvalue weighted by atomic mass is 10.1. The van der Waals surface area contributed by atoms with Crippen LogP contribution in [0.2, 0.25) is 0 Å². The molecule has 3 aromatic carbocycles. The van der Waals surface area contributed by atoms with Gasteiger partial charge in [0, 0.05) is 23.5 Å². The second kappa shape index (κ2) is 8.45. The minimum Gasteiger partial charge on any atom is -0.505 e. The summed E-state index contributed by atoms with van der Waals surface area (Å²) in [5, 5.41) is 26.6. The van der Waals surface area contributed by atoms with E-state index < -0.39 is 5.91 Å². The number of amides is 1. The fraction of sp³-hybridized carbons (Fsp3) is 0.0417. The maximum Gasteiger partial charge on any atom is 0.264 e. The molecule has 0 spiro atoms. The molecular formula is C24H21N3O3. The second-order valence-corrected chi connectivity index (χ2v) is 6.86. The van der Waals surface area contributed by atoms with Crippen LogP contribution in [0.25, 0.3) is 0 Å². The number of H-pyrrole nitrogens is 1. The minimum atomic E-state index is -0.593. The van der Waals surface area contributed by atoms with E-state index in [4.69, 9.17) is 0 Å². The van der Waals surface area contributed by atoms with Gasteiger partial charge in [-0.1, -0.05) is 48.5 Å². The Balaban J connectivity index is 1.46. The largest absolute Gasteiger partial charge is 0.505 e. The summed E-state index contributed by atoms with van der Waals surface area (Å²) in [5.41, 5.74) is 3.53. The van der Waals surface area contributed by atoms with Gasteiger partial charge in [-0.3, -0.25) is 4.79 Å². The van der Waals surface area contributed by atoms with Crippen molar-refractivity contribution in [3.8, 4) is 11.6 Å². The van der Waals surface area contributed by atoms with Crippen molar-refractivity contribution in [1.82, 2.24) is 4.98 Å². The number of hydrogen-bond donors (Lipinski definition) is 5. The molecule has 1 amide bonds. The van der Waals surface area contributed by atoms with E-state index in [0.29, 0.717) is 17.8 Å². The van der Waals surface area contributed by atoms with Gasteiger partial charge in [0.25, 0.3) is 5.91 Å². The van der Waals surface area contributed by atoms with Gasteiger partial charge in [-0.25, -0.2) is 0 Å². The van der Waals surface area contributed by atoms with Gasteiger partial charge in [0.15, 0.2) is 5.75 Å². The van der Waals surface area contributed by atoms with Gasteiger partial charge < -0.3 is 25.8 Å². The average Bonchev–Trinajstić information content (AvgIpc) is 3.04. The van der Waals surface area contributed by atoms with Crippen LogP contribution in [0.3, 0.4) is 0 Å². The van der Waals surface area contributed by atoms with Crippen molar-refractivity contribution in [1.29, 1.82) is 0 Å². The standard InChI is InChI=1S/C24H21N3O3/c28-22-20(15-16-7-3-1-4-8-16)27-24(30)21(22)23(29)26-19-13-11-18(12-14-19)25-17-9-5-2-6-10-17/h1-14,25,27-28,30H,15H2,(H,26,29). The number of nitrogens with one attached hydrogen (secondary N) is 3. The zero-order valence-corrected chi connectivity index (χ0v) is 16.1. The first-order chi connectivity index (χ1) is 14.6. The summed E-state index contributed by atoms with van der Waals surface area (Å²) in [4.78, 5) is 15.3. The highest BCUT2D eigenvalue weighted by molar-refractivity contribution is 6.08. The van der Waals surface area contributed by atoms with Crippen LogP contribution in [0, 0.1) is 0 Å². The van der Waals surface area contributed by atoms with Crippen LogP contribution >= 0.6 is 0 Å². The lowest BCUT2D eigenvalue weighted by Crippen LogP contribution is -2.11. The molecule has 150 valence electrons. The normalized spacial score (nSPS) is 10.5. The Bertz CT molecular complexity index is 1140. The van der Waals surface area contributed by atoms with Crippen LogP contribution in [0.1, 0.15) is 21.6 Å².